The first-order valence-corrected chi connectivity index (χ1v) is 8.25. The molecule has 0 saturated carbocycles. The van der Waals surface area contributed by atoms with Crippen LogP contribution in [0, 0.1) is 6.92 Å². The molecule has 0 bridgehead atoms. The summed E-state index contributed by atoms with van der Waals surface area (Å²) in [5.41, 5.74) is 1.34. The number of aryl methyl sites for hydroxylation is 1. The highest BCUT2D eigenvalue weighted by Gasteiger charge is 2.16. The van der Waals surface area contributed by atoms with Gasteiger partial charge in [-0.3, -0.25) is 9.80 Å². The predicted molar refractivity (Wildman–Crippen MR) is 90.1 cm³/mol. The van der Waals surface area contributed by atoms with Gasteiger partial charge in [0.25, 0.3) is 0 Å². The molecule has 2 aromatic rings. The molecule has 1 saturated heterocycles. The number of halogens is 1. The van der Waals surface area contributed by atoms with E-state index in [1.807, 2.05) is 18.3 Å². The van der Waals surface area contributed by atoms with Gasteiger partial charge < -0.3 is 4.57 Å². The summed E-state index contributed by atoms with van der Waals surface area (Å²) < 4.78 is 2.22. The summed E-state index contributed by atoms with van der Waals surface area (Å²) in [4.78, 5) is 9.33. The number of hydrogen-bond donors (Lipinski definition) is 0. The maximum atomic E-state index is 5.93. The van der Waals surface area contributed by atoms with Gasteiger partial charge in [-0.2, -0.15) is 0 Å². The van der Waals surface area contributed by atoms with Crippen LogP contribution < -0.4 is 0 Å². The summed E-state index contributed by atoms with van der Waals surface area (Å²) in [5.74, 6) is 1.10. The monoisotopic (exact) mass is 318 g/mol. The highest BCUT2D eigenvalue weighted by Crippen LogP contribution is 2.13. The van der Waals surface area contributed by atoms with Gasteiger partial charge in [0.1, 0.15) is 5.82 Å². The number of aromatic nitrogens is 2. The Balaban J connectivity index is 1.42. The molecule has 1 aromatic heterocycles. The lowest BCUT2D eigenvalue weighted by atomic mass is 10.2. The number of rotatable bonds is 5. The summed E-state index contributed by atoms with van der Waals surface area (Å²) in [6.45, 7) is 9.75. The van der Waals surface area contributed by atoms with E-state index in [-0.39, 0.29) is 0 Å². The van der Waals surface area contributed by atoms with Crippen molar-refractivity contribution in [3.8, 4) is 0 Å². The van der Waals surface area contributed by atoms with Crippen molar-refractivity contribution in [1.29, 1.82) is 0 Å². The first-order valence-electron chi connectivity index (χ1n) is 7.87. The summed E-state index contributed by atoms with van der Waals surface area (Å²) in [7, 11) is 0. The van der Waals surface area contributed by atoms with Crippen molar-refractivity contribution in [3.63, 3.8) is 0 Å². The van der Waals surface area contributed by atoms with Gasteiger partial charge in [0.05, 0.1) is 0 Å². The smallest absolute Gasteiger partial charge is 0.105 e. The second-order valence-corrected chi connectivity index (χ2v) is 6.35. The van der Waals surface area contributed by atoms with Crippen molar-refractivity contribution in [2.75, 3.05) is 32.7 Å². The number of imidazole rings is 1. The zero-order chi connectivity index (χ0) is 15.4. The molecular formula is C17H23ClN4. The number of benzene rings is 1. The van der Waals surface area contributed by atoms with E-state index >= 15 is 0 Å². The first-order chi connectivity index (χ1) is 10.7. The minimum atomic E-state index is 0.809. The van der Waals surface area contributed by atoms with Crippen LogP contribution in [0.2, 0.25) is 5.02 Å². The van der Waals surface area contributed by atoms with Gasteiger partial charge in [-0.25, -0.2) is 4.98 Å². The van der Waals surface area contributed by atoms with Crippen molar-refractivity contribution >= 4 is 11.6 Å². The second-order valence-electron chi connectivity index (χ2n) is 5.91. The minimum absolute atomic E-state index is 0.809. The molecular weight excluding hydrogens is 296 g/mol. The van der Waals surface area contributed by atoms with Crippen LogP contribution in [0.15, 0.2) is 36.7 Å². The van der Waals surface area contributed by atoms with Crippen LogP contribution in [0.4, 0.5) is 0 Å². The van der Waals surface area contributed by atoms with Gasteiger partial charge in [0.15, 0.2) is 0 Å². The standard InChI is InChI=1S/C17H23ClN4/c1-15-19-6-7-22(15)13-12-20-8-10-21(11-9-20)14-16-2-4-17(18)5-3-16/h2-7H,8-14H2,1H3. The first kappa shape index (κ1) is 15.5. The normalized spacial score (nSPS) is 17.0. The fraction of sp³-hybridized carbons (Fsp3) is 0.471. The molecule has 118 valence electrons. The van der Waals surface area contributed by atoms with Crippen LogP contribution in [-0.4, -0.2) is 52.1 Å². The third-order valence-corrected chi connectivity index (χ3v) is 4.62. The van der Waals surface area contributed by atoms with Gasteiger partial charge in [-0.15, -0.1) is 0 Å². The number of hydrogen-bond acceptors (Lipinski definition) is 3. The van der Waals surface area contributed by atoms with Crippen molar-refractivity contribution in [2.24, 2.45) is 0 Å². The molecule has 0 spiro atoms. The van der Waals surface area contributed by atoms with Crippen LogP contribution in [0.5, 0.6) is 0 Å². The molecule has 1 aliphatic rings. The third kappa shape index (κ3) is 4.09. The molecule has 0 unspecified atom stereocenters. The molecule has 5 heteroatoms. The molecule has 0 atom stereocenters. The maximum Gasteiger partial charge on any atom is 0.105 e. The number of piperazine rings is 1. The van der Waals surface area contributed by atoms with Gasteiger partial charge in [-0.05, 0) is 24.6 Å². The van der Waals surface area contributed by atoms with Crippen LogP contribution in [0.25, 0.3) is 0 Å². The van der Waals surface area contributed by atoms with Crippen molar-refractivity contribution in [1.82, 2.24) is 19.4 Å². The van der Waals surface area contributed by atoms with E-state index < -0.39 is 0 Å². The lowest BCUT2D eigenvalue weighted by Gasteiger charge is -2.34. The van der Waals surface area contributed by atoms with Crippen molar-refractivity contribution in [2.45, 2.75) is 20.0 Å². The molecule has 1 aromatic carbocycles. The Labute approximate surface area is 137 Å². The Bertz CT molecular complexity index is 585. The predicted octanol–water partition coefficient (Wildman–Crippen LogP) is 2.66. The fourth-order valence-corrected chi connectivity index (χ4v) is 3.03. The molecule has 1 fully saturated rings. The molecule has 0 aliphatic carbocycles. The molecule has 2 heterocycles. The van der Waals surface area contributed by atoms with E-state index in [0.29, 0.717) is 0 Å². The fourth-order valence-electron chi connectivity index (χ4n) is 2.91. The average molecular weight is 319 g/mol. The molecule has 22 heavy (non-hydrogen) atoms. The molecule has 3 rings (SSSR count). The van der Waals surface area contributed by atoms with Crippen LogP contribution in [0.1, 0.15) is 11.4 Å². The zero-order valence-electron chi connectivity index (χ0n) is 13.1. The topological polar surface area (TPSA) is 24.3 Å². The van der Waals surface area contributed by atoms with E-state index in [9.17, 15) is 0 Å². The lowest BCUT2D eigenvalue weighted by molar-refractivity contribution is 0.124. The molecule has 1 aliphatic heterocycles. The Morgan fingerprint density at radius 1 is 1.00 bits per heavy atom. The highest BCUT2D eigenvalue weighted by molar-refractivity contribution is 6.30. The van der Waals surface area contributed by atoms with Crippen LogP contribution in [0.3, 0.4) is 0 Å². The summed E-state index contributed by atoms with van der Waals surface area (Å²) in [6, 6.07) is 8.19. The largest absolute Gasteiger partial charge is 0.334 e. The quantitative estimate of drug-likeness (QED) is 0.847. The molecule has 0 N–H and O–H groups in total. The summed E-state index contributed by atoms with van der Waals surface area (Å²) in [6.07, 6.45) is 3.94. The van der Waals surface area contributed by atoms with Gasteiger partial charge in [0, 0.05) is 63.2 Å². The van der Waals surface area contributed by atoms with Crippen LogP contribution in [-0.2, 0) is 13.1 Å². The number of nitrogens with zero attached hydrogens (tertiary/aromatic N) is 4. The van der Waals surface area contributed by atoms with E-state index in [4.69, 9.17) is 11.6 Å². The third-order valence-electron chi connectivity index (χ3n) is 4.37. The maximum absolute atomic E-state index is 5.93. The SMILES string of the molecule is Cc1nccn1CCN1CCN(Cc2ccc(Cl)cc2)CC1. The second kappa shape index (κ2) is 7.27. The van der Waals surface area contributed by atoms with Gasteiger partial charge in [0.2, 0.25) is 0 Å². The van der Waals surface area contributed by atoms with E-state index in [2.05, 4.69) is 44.6 Å². The minimum Gasteiger partial charge on any atom is -0.334 e. The Kier molecular flexibility index (Phi) is 5.13. The van der Waals surface area contributed by atoms with E-state index in [1.54, 1.807) is 0 Å². The summed E-state index contributed by atoms with van der Waals surface area (Å²) >= 11 is 5.93. The Morgan fingerprint density at radius 3 is 2.32 bits per heavy atom. The van der Waals surface area contributed by atoms with E-state index in [1.165, 1.54) is 5.56 Å². The van der Waals surface area contributed by atoms with Gasteiger partial charge >= 0.3 is 0 Å². The van der Waals surface area contributed by atoms with Crippen molar-refractivity contribution < 1.29 is 0 Å². The lowest BCUT2D eigenvalue weighted by Crippen LogP contribution is -2.46. The summed E-state index contributed by atoms with van der Waals surface area (Å²) in [5, 5.41) is 0.809. The zero-order valence-corrected chi connectivity index (χ0v) is 13.8. The molecule has 0 radical (unpaired) electrons. The Morgan fingerprint density at radius 2 is 1.68 bits per heavy atom. The van der Waals surface area contributed by atoms with E-state index in [0.717, 1.165) is 56.7 Å². The molecule has 0 amide bonds. The van der Waals surface area contributed by atoms with Crippen LogP contribution >= 0.6 is 11.6 Å². The molecule has 4 nitrogen and oxygen atoms in total. The van der Waals surface area contributed by atoms with Gasteiger partial charge in [-0.1, -0.05) is 23.7 Å². The average Bonchev–Trinajstić information content (AvgIpc) is 2.94. The van der Waals surface area contributed by atoms with Crippen molar-refractivity contribution in [3.05, 3.63) is 53.1 Å². The highest BCUT2D eigenvalue weighted by atomic mass is 35.5. The Hall–Kier alpha value is -1.36.